The number of hydrogen-bond donors (Lipinski definition) is 0. The third-order valence-corrected chi connectivity index (χ3v) is 11.6. The van der Waals surface area contributed by atoms with Gasteiger partial charge in [0.2, 0.25) is 0 Å². The standard InChI is InChI=1S/C58H39N3/c1-5-18-40(19-6-1)43-24-16-28-47(35-43)56-55-53-32-13-14-33-54(53)61(52-30-11-4-12-31-52)58(55)60-57(59-56)48-29-17-26-45(36-48)44-25-15-27-46(34-44)51-38-49(41-20-7-2-8-21-41)37-50(39-51)42-22-9-3-10-23-42/h1-39H. The Hall–Kier alpha value is -8.14. The minimum absolute atomic E-state index is 0.675. The van der Waals surface area contributed by atoms with Gasteiger partial charge in [-0.15, -0.1) is 0 Å². The van der Waals surface area contributed by atoms with Crippen molar-refractivity contribution < 1.29 is 0 Å². The molecule has 3 nitrogen and oxygen atoms in total. The van der Waals surface area contributed by atoms with Gasteiger partial charge < -0.3 is 0 Å². The minimum Gasteiger partial charge on any atom is -0.294 e. The molecular weight excluding hydrogens is 739 g/mol. The lowest BCUT2D eigenvalue weighted by molar-refractivity contribution is 1.11. The Morgan fingerprint density at radius 1 is 0.279 bits per heavy atom. The van der Waals surface area contributed by atoms with Crippen molar-refractivity contribution in [2.45, 2.75) is 0 Å². The van der Waals surface area contributed by atoms with Gasteiger partial charge in [0.25, 0.3) is 0 Å². The molecule has 0 aliphatic heterocycles. The van der Waals surface area contributed by atoms with Crippen LogP contribution in [-0.2, 0) is 0 Å². The lowest BCUT2D eigenvalue weighted by Crippen LogP contribution is -1.99. The molecule has 0 bridgehead atoms. The van der Waals surface area contributed by atoms with Gasteiger partial charge in [0, 0.05) is 22.2 Å². The van der Waals surface area contributed by atoms with E-state index in [4.69, 9.17) is 9.97 Å². The van der Waals surface area contributed by atoms with E-state index in [9.17, 15) is 0 Å². The van der Waals surface area contributed by atoms with Crippen LogP contribution < -0.4 is 0 Å². The number of fused-ring (bicyclic) bond motifs is 3. The molecule has 0 atom stereocenters. The average molecular weight is 778 g/mol. The van der Waals surface area contributed by atoms with Crippen LogP contribution in [0.2, 0.25) is 0 Å². The first-order valence-electron chi connectivity index (χ1n) is 20.7. The SMILES string of the molecule is c1ccc(-c2cc(-c3ccccc3)cc(-c3cccc(-c4cccc(-c5nc(-c6cccc(-c7ccccc7)c6)c6c7ccccc7n(-c7ccccc7)c6n5)c4)c3)c2)cc1. The predicted molar refractivity (Wildman–Crippen MR) is 254 cm³/mol. The summed E-state index contributed by atoms with van der Waals surface area (Å²) < 4.78 is 2.28. The van der Waals surface area contributed by atoms with Crippen LogP contribution in [0.3, 0.4) is 0 Å². The third-order valence-electron chi connectivity index (χ3n) is 11.6. The summed E-state index contributed by atoms with van der Waals surface area (Å²) in [4.78, 5) is 10.9. The third kappa shape index (κ3) is 6.88. The van der Waals surface area contributed by atoms with Gasteiger partial charge in [-0.05, 0) is 110 Å². The second-order valence-corrected chi connectivity index (χ2v) is 15.4. The average Bonchev–Trinajstić information content (AvgIpc) is 3.69. The van der Waals surface area contributed by atoms with Gasteiger partial charge in [-0.2, -0.15) is 0 Å². The molecule has 0 unspecified atom stereocenters. The van der Waals surface area contributed by atoms with Crippen molar-refractivity contribution >= 4 is 21.9 Å². The molecule has 11 aromatic rings. The Morgan fingerprint density at radius 2 is 0.656 bits per heavy atom. The molecule has 11 rings (SSSR count). The van der Waals surface area contributed by atoms with Gasteiger partial charge in [-0.25, -0.2) is 9.97 Å². The van der Waals surface area contributed by atoms with Gasteiger partial charge in [0.05, 0.1) is 16.6 Å². The largest absolute Gasteiger partial charge is 0.294 e. The van der Waals surface area contributed by atoms with E-state index < -0.39 is 0 Å². The number of nitrogens with zero attached hydrogens (tertiary/aromatic N) is 3. The highest BCUT2D eigenvalue weighted by Gasteiger charge is 2.21. The summed E-state index contributed by atoms with van der Waals surface area (Å²) >= 11 is 0. The lowest BCUT2D eigenvalue weighted by Gasteiger charge is -2.13. The van der Waals surface area contributed by atoms with E-state index in [0.29, 0.717) is 5.82 Å². The van der Waals surface area contributed by atoms with E-state index in [1.807, 2.05) is 0 Å². The molecule has 9 aromatic carbocycles. The topological polar surface area (TPSA) is 30.7 Å². The molecule has 0 aliphatic rings. The summed E-state index contributed by atoms with van der Waals surface area (Å²) in [5, 5.41) is 2.15. The second-order valence-electron chi connectivity index (χ2n) is 15.4. The zero-order valence-corrected chi connectivity index (χ0v) is 33.4. The number of hydrogen-bond acceptors (Lipinski definition) is 2. The maximum absolute atomic E-state index is 5.49. The van der Waals surface area contributed by atoms with Crippen LogP contribution >= 0.6 is 0 Å². The Labute approximate surface area is 355 Å². The van der Waals surface area contributed by atoms with Crippen molar-refractivity contribution in [1.82, 2.24) is 14.5 Å². The Kier molecular flexibility index (Phi) is 9.18. The number of rotatable bonds is 8. The van der Waals surface area contributed by atoms with Gasteiger partial charge in [0.1, 0.15) is 5.65 Å². The van der Waals surface area contributed by atoms with Crippen LogP contribution in [0.15, 0.2) is 237 Å². The van der Waals surface area contributed by atoms with Crippen LogP contribution in [-0.4, -0.2) is 14.5 Å². The first-order valence-corrected chi connectivity index (χ1v) is 20.7. The molecule has 286 valence electrons. The van der Waals surface area contributed by atoms with Crippen molar-refractivity contribution in [3.63, 3.8) is 0 Å². The Bertz CT molecular complexity index is 3280. The number of para-hydroxylation sites is 2. The van der Waals surface area contributed by atoms with Crippen LogP contribution in [0.1, 0.15) is 0 Å². The van der Waals surface area contributed by atoms with Crippen LogP contribution in [0, 0.1) is 0 Å². The summed E-state index contributed by atoms with van der Waals surface area (Å²) in [7, 11) is 0. The molecule has 0 N–H and O–H groups in total. The maximum Gasteiger partial charge on any atom is 0.162 e. The smallest absolute Gasteiger partial charge is 0.162 e. The van der Waals surface area contributed by atoms with Gasteiger partial charge in [-0.3, -0.25) is 4.57 Å². The molecule has 2 aromatic heterocycles. The fourth-order valence-corrected chi connectivity index (χ4v) is 8.61. The molecule has 2 heterocycles. The normalized spacial score (nSPS) is 11.3. The fourth-order valence-electron chi connectivity index (χ4n) is 8.61. The zero-order valence-electron chi connectivity index (χ0n) is 33.4. The second kappa shape index (κ2) is 15.6. The predicted octanol–water partition coefficient (Wildman–Crippen LogP) is 15.2. The molecular formula is C58H39N3. The van der Waals surface area contributed by atoms with Crippen molar-refractivity contribution in [2.75, 3.05) is 0 Å². The van der Waals surface area contributed by atoms with Crippen LogP contribution in [0.5, 0.6) is 0 Å². The number of benzene rings is 9. The van der Waals surface area contributed by atoms with Crippen molar-refractivity contribution in [3.8, 4) is 84.0 Å². The monoisotopic (exact) mass is 777 g/mol. The molecule has 0 fully saturated rings. The Balaban J connectivity index is 1.07. The van der Waals surface area contributed by atoms with Gasteiger partial charge in [0.15, 0.2) is 5.82 Å². The minimum atomic E-state index is 0.675. The zero-order chi connectivity index (χ0) is 40.5. The quantitative estimate of drug-likeness (QED) is 0.154. The molecule has 0 aliphatic carbocycles. The molecule has 0 spiro atoms. The van der Waals surface area contributed by atoms with Gasteiger partial charge >= 0.3 is 0 Å². The summed E-state index contributed by atoms with van der Waals surface area (Å²) in [6, 6.07) is 84.1. The lowest BCUT2D eigenvalue weighted by atomic mass is 9.92. The highest BCUT2D eigenvalue weighted by Crippen LogP contribution is 2.40. The van der Waals surface area contributed by atoms with E-state index in [1.54, 1.807) is 0 Å². The van der Waals surface area contributed by atoms with Crippen LogP contribution in [0.4, 0.5) is 0 Å². The summed E-state index contributed by atoms with van der Waals surface area (Å²) in [6.07, 6.45) is 0. The van der Waals surface area contributed by atoms with E-state index in [-0.39, 0.29) is 0 Å². The first kappa shape index (κ1) is 36.0. The molecule has 0 amide bonds. The molecule has 0 saturated heterocycles. The number of aromatic nitrogens is 3. The van der Waals surface area contributed by atoms with Crippen molar-refractivity contribution in [3.05, 3.63) is 237 Å². The fraction of sp³-hybridized carbons (Fsp3) is 0. The van der Waals surface area contributed by atoms with Crippen LogP contribution in [0.25, 0.3) is 106 Å². The summed E-state index contributed by atoms with van der Waals surface area (Å²) in [6.45, 7) is 0. The molecule has 0 saturated carbocycles. The Morgan fingerprint density at radius 3 is 1.25 bits per heavy atom. The van der Waals surface area contributed by atoms with E-state index in [2.05, 4.69) is 241 Å². The molecule has 3 heteroatoms. The highest BCUT2D eigenvalue weighted by atomic mass is 15.1. The van der Waals surface area contributed by atoms with Crippen molar-refractivity contribution in [2.24, 2.45) is 0 Å². The summed E-state index contributed by atoms with van der Waals surface area (Å²) in [5.74, 6) is 0.675. The summed E-state index contributed by atoms with van der Waals surface area (Å²) in [5.41, 5.74) is 17.5. The van der Waals surface area contributed by atoms with Crippen molar-refractivity contribution in [1.29, 1.82) is 0 Å². The van der Waals surface area contributed by atoms with E-state index in [0.717, 1.165) is 66.7 Å². The van der Waals surface area contributed by atoms with E-state index >= 15 is 0 Å². The molecule has 0 radical (unpaired) electrons. The highest BCUT2D eigenvalue weighted by molar-refractivity contribution is 6.14. The van der Waals surface area contributed by atoms with E-state index in [1.165, 1.54) is 33.4 Å². The van der Waals surface area contributed by atoms with Gasteiger partial charge in [-0.1, -0.05) is 182 Å². The first-order chi connectivity index (χ1) is 30.2. The maximum atomic E-state index is 5.49. The molecule has 61 heavy (non-hydrogen) atoms.